The maximum absolute atomic E-state index is 8.40. The van der Waals surface area contributed by atoms with Crippen LogP contribution in [-0.4, -0.2) is 24.9 Å². The fourth-order valence-corrected chi connectivity index (χ4v) is 0.478. The van der Waals surface area contributed by atoms with Crippen LogP contribution >= 0.6 is 0 Å². The molecule has 0 aliphatic rings. The third-order valence-corrected chi connectivity index (χ3v) is 0.974. The van der Waals surface area contributed by atoms with Crippen LogP contribution in [0.4, 0.5) is 0 Å². The van der Waals surface area contributed by atoms with Crippen molar-refractivity contribution in [1.29, 1.82) is 0 Å². The standard InChI is InChI=1S/C7H14O2/c1-3-9-6-7(2)4-5-8/h4,8H,3,5-6H2,1-2H3/b7-4+. The monoisotopic (exact) mass is 130 g/mol. The molecule has 9 heavy (non-hydrogen) atoms. The number of aliphatic hydroxyl groups excluding tert-OH is 1. The summed E-state index contributed by atoms with van der Waals surface area (Å²) in [5, 5.41) is 8.40. The van der Waals surface area contributed by atoms with E-state index in [1.807, 2.05) is 13.8 Å². The Kier molecular flexibility index (Phi) is 5.57. The van der Waals surface area contributed by atoms with Crippen LogP contribution in [0.3, 0.4) is 0 Å². The van der Waals surface area contributed by atoms with E-state index in [1.165, 1.54) is 0 Å². The molecule has 0 rings (SSSR count). The number of hydrogen-bond acceptors (Lipinski definition) is 2. The van der Waals surface area contributed by atoms with Gasteiger partial charge in [-0.25, -0.2) is 0 Å². The van der Waals surface area contributed by atoms with Crippen LogP contribution in [0.1, 0.15) is 13.8 Å². The molecule has 54 valence electrons. The van der Waals surface area contributed by atoms with E-state index in [1.54, 1.807) is 6.08 Å². The second-order valence-corrected chi connectivity index (χ2v) is 1.87. The Balaban J connectivity index is 3.25. The summed E-state index contributed by atoms with van der Waals surface area (Å²) in [7, 11) is 0. The summed E-state index contributed by atoms with van der Waals surface area (Å²) in [5.74, 6) is 0. The lowest BCUT2D eigenvalue weighted by Gasteiger charge is -1.98. The van der Waals surface area contributed by atoms with E-state index in [0.717, 1.165) is 12.2 Å². The molecular weight excluding hydrogens is 116 g/mol. The van der Waals surface area contributed by atoms with E-state index in [-0.39, 0.29) is 6.61 Å². The molecule has 0 amide bonds. The molecule has 0 aromatic heterocycles. The average Bonchev–Trinajstić information content (AvgIpc) is 1.85. The Labute approximate surface area is 56.1 Å². The first-order valence-corrected chi connectivity index (χ1v) is 3.15. The first-order chi connectivity index (χ1) is 4.31. The second kappa shape index (κ2) is 5.79. The van der Waals surface area contributed by atoms with Gasteiger partial charge in [0.1, 0.15) is 0 Å². The highest BCUT2D eigenvalue weighted by atomic mass is 16.5. The van der Waals surface area contributed by atoms with Gasteiger partial charge >= 0.3 is 0 Å². The van der Waals surface area contributed by atoms with Crippen molar-refractivity contribution in [3.05, 3.63) is 11.6 Å². The molecule has 0 bridgehead atoms. The molecule has 0 fully saturated rings. The first kappa shape index (κ1) is 8.66. The molecule has 0 heterocycles. The minimum atomic E-state index is 0.110. The Morgan fingerprint density at radius 1 is 1.67 bits per heavy atom. The van der Waals surface area contributed by atoms with Crippen LogP contribution in [-0.2, 0) is 4.74 Å². The Hall–Kier alpha value is -0.340. The highest BCUT2D eigenvalue weighted by molar-refractivity contribution is 4.97. The zero-order valence-electron chi connectivity index (χ0n) is 6.05. The van der Waals surface area contributed by atoms with Crippen LogP contribution in [0.15, 0.2) is 11.6 Å². The van der Waals surface area contributed by atoms with E-state index in [9.17, 15) is 0 Å². The molecular formula is C7H14O2. The van der Waals surface area contributed by atoms with Gasteiger partial charge in [-0.05, 0) is 19.4 Å². The normalized spacial score (nSPS) is 12.1. The third-order valence-electron chi connectivity index (χ3n) is 0.974. The van der Waals surface area contributed by atoms with E-state index in [2.05, 4.69) is 0 Å². The number of aliphatic hydroxyl groups is 1. The van der Waals surface area contributed by atoms with Crippen molar-refractivity contribution in [3.63, 3.8) is 0 Å². The molecule has 0 saturated carbocycles. The molecule has 0 spiro atoms. The molecule has 0 aliphatic heterocycles. The van der Waals surface area contributed by atoms with Gasteiger partial charge in [-0.3, -0.25) is 0 Å². The van der Waals surface area contributed by atoms with E-state index in [0.29, 0.717) is 6.61 Å². The Bertz CT molecular complexity index is 86.9. The largest absolute Gasteiger partial charge is 0.392 e. The van der Waals surface area contributed by atoms with Crippen LogP contribution in [0.25, 0.3) is 0 Å². The van der Waals surface area contributed by atoms with Gasteiger partial charge in [0.05, 0.1) is 13.2 Å². The molecule has 1 N–H and O–H groups in total. The SMILES string of the molecule is CCOC/C(C)=C/CO. The maximum Gasteiger partial charge on any atom is 0.0674 e. The summed E-state index contributed by atoms with van der Waals surface area (Å²) in [4.78, 5) is 0. The molecule has 0 aromatic carbocycles. The van der Waals surface area contributed by atoms with Gasteiger partial charge in [0.2, 0.25) is 0 Å². The van der Waals surface area contributed by atoms with Gasteiger partial charge in [-0.15, -0.1) is 0 Å². The van der Waals surface area contributed by atoms with E-state index in [4.69, 9.17) is 9.84 Å². The van der Waals surface area contributed by atoms with Gasteiger partial charge in [0.15, 0.2) is 0 Å². The van der Waals surface area contributed by atoms with Crippen LogP contribution < -0.4 is 0 Å². The molecule has 0 aromatic rings. The maximum atomic E-state index is 8.40. The third kappa shape index (κ3) is 5.53. The zero-order chi connectivity index (χ0) is 7.11. The fraction of sp³-hybridized carbons (Fsp3) is 0.714. The van der Waals surface area contributed by atoms with Gasteiger partial charge in [-0.2, -0.15) is 0 Å². The van der Waals surface area contributed by atoms with Crippen LogP contribution in [0.2, 0.25) is 0 Å². The lowest BCUT2D eigenvalue weighted by atomic mass is 10.3. The summed E-state index contributed by atoms with van der Waals surface area (Å²) in [6.07, 6.45) is 1.75. The van der Waals surface area contributed by atoms with Crippen molar-refractivity contribution in [1.82, 2.24) is 0 Å². The molecule has 2 nitrogen and oxygen atoms in total. The molecule has 2 heteroatoms. The predicted molar refractivity (Wildman–Crippen MR) is 37.3 cm³/mol. The molecule has 0 unspecified atom stereocenters. The van der Waals surface area contributed by atoms with Gasteiger partial charge in [0, 0.05) is 6.61 Å². The van der Waals surface area contributed by atoms with Crippen LogP contribution in [0, 0.1) is 0 Å². The zero-order valence-corrected chi connectivity index (χ0v) is 6.05. The minimum Gasteiger partial charge on any atom is -0.392 e. The first-order valence-electron chi connectivity index (χ1n) is 3.15. The smallest absolute Gasteiger partial charge is 0.0674 e. The minimum absolute atomic E-state index is 0.110. The number of hydrogen-bond donors (Lipinski definition) is 1. The molecule has 0 radical (unpaired) electrons. The van der Waals surface area contributed by atoms with Crippen molar-refractivity contribution in [2.75, 3.05) is 19.8 Å². The predicted octanol–water partition coefficient (Wildman–Crippen LogP) is 0.962. The highest BCUT2D eigenvalue weighted by Gasteiger charge is 1.85. The molecule has 0 saturated heterocycles. The van der Waals surface area contributed by atoms with Crippen LogP contribution in [0.5, 0.6) is 0 Å². The lowest BCUT2D eigenvalue weighted by molar-refractivity contribution is 0.170. The second-order valence-electron chi connectivity index (χ2n) is 1.87. The van der Waals surface area contributed by atoms with Crippen molar-refractivity contribution < 1.29 is 9.84 Å². The fourth-order valence-electron chi connectivity index (χ4n) is 0.478. The van der Waals surface area contributed by atoms with E-state index < -0.39 is 0 Å². The topological polar surface area (TPSA) is 29.5 Å². The molecule has 0 atom stereocenters. The van der Waals surface area contributed by atoms with Gasteiger partial charge in [0.25, 0.3) is 0 Å². The summed E-state index contributed by atoms with van der Waals surface area (Å²) >= 11 is 0. The quantitative estimate of drug-likeness (QED) is 0.574. The van der Waals surface area contributed by atoms with E-state index >= 15 is 0 Å². The van der Waals surface area contributed by atoms with Crippen molar-refractivity contribution in [3.8, 4) is 0 Å². The summed E-state index contributed by atoms with van der Waals surface area (Å²) in [5.41, 5.74) is 1.08. The summed E-state index contributed by atoms with van der Waals surface area (Å²) in [6.45, 7) is 5.37. The Morgan fingerprint density at radius 2 is 2.33 bits per heavy atom. The summed E-state index contributed by atoms with van der Waals surface area (Å²) < 4.78 is 5.07. The number of ether oxygens (including phenoxy) is 1. The van der Waals surface area contributed by atoms with Crippen molar-refractivity contribution in [2.45, 2.75) is 13.8 Å². The summed E-state index contributed by atoms with van der Waals surface area (Å²) in [6, 6.07) is 0. The van der Waals surface area contributed by atoms with Crippen molar-refractivity contribution in [2.24, 2.45) is 0 Å². The van der Waals surface area contributed by atoms with Gasteiger partial charge in [-0.1, -0.05) is 6.08 Å². The van der Waals surface area contributed by atoms with Gasteiger partial charge < -0.3 is 9.84 Å². The lowest BCUT2D eigenvalue weighted by Crippen LogP contribution is -1.95. The Morgan fingerprint density at radius 3 is 2.78 bits per heavy atom. The van der Waals surface area contributed by atoms with Crippen molar-refractivity contribution >= 4 is 0 Å². The average molecular weight is 130 g/mol. The number of rotatable bonds is 4. The molecule has 0 aliphatic carbocycles. The highest BCUT2D eigenvalue weighted by Crippen LogP contribution is 1.91.